The van der Waals surface area contributed by atoms with Gasteiger partial charge in [0.1, 0.15) is 0 Å². The Hall–Kier alpha value is -2.11. The van der Waals surface area contributed by atoms with Crippen molar-refractivity contribution in [2.24, 2.45) is 11.8 Å². The molecule has 0 saturated heterocycles. The highest BCUT2D eigenvalue weighted by Crippen LogP contribution is 2.62. The van der Waals surface area contributed by atoms with Gasteiger partial charge in [-0.15, -0.1) is 0 Å². The maximum atomic E-state index is 12.3. The zero-order valence-corrected chi connectivity index (χ0v) is 15.3. The normalized spacial score (nSPS) is 34.5. The summed E-state index contributed by atoms with van der Waals surface area (Å²) in [5, 5.41) is 17.2. The standard InChI is InChI=1S/C20H27N3O3/c1-2-7-21-18(24)22-20-11-14-8-15(12-20)10-19(9-14,13-20)16-3-5-17(6-4-16)23(25)26/h3-6,14-15H,2,7-13H2,1H3,(H2,21,22,24). The van der Waals surface area contributed by atoms with Gasteiger partial charge < -0.3 is 10.6 Å². The number of nitro benzene ring substituents is 1. The van der Waals surface area contributed by atoms with E-state index in [1.807, 2.05) is 12.1 Å². The summed E-state index contributed by atoms with van der Waals surface area (Å²) >= 11 is 0. The third-order valence-electron chi connectivity index (χ3n) is 6.67. The molecule has 140 valence electrons. The van der Waals surface area contributed by atoms with E-state index >= 15 is 0 Å². The van der Waals surface area contributed by atoms with E-state index in [1.54, 1.807) is 12.1 Å². The Morgan fingerprint density at radius 1 is 1.19 bits per heavy atom. The van der Waals surface area contributed by atoms with Crippen molar-refractivity contribution in [3.63, 3.8) is 0 Å². The van der Waals surface area contributed by atoms with Crippen LogP contribution in [0.5, 0.6) is 0 Å². The van der Waals surface area contributed by atoms with Gasteiger partial charge in [0.05, 0.1) is 4.92 Å². The van der Waals surface area contributed by atoms with Gasteiger partial charge in [0, 0.05) is 24.2 Å². The molecule has 6 nitrogen and oxygen atoms in total. The van der Waals surface area contributed by atoms with Crippen molar-refractivity contribution < 1.29 is 9.72 Å². The smallest absolute Gasteiger partial charge is 0.315 e. The molecule has 0 radical (unpaired) electrons. The van der Waals surface area contributed by atoms with Gasteiger partial charge in [0.15, 0.2) is 0 Å². The SMILES string of the molecule is CCCNC(=O)NC12CC3CC(C1)CC(c1ccc([N+](=O)[O-])cc1)(C3)C2. The molecule has 6 heteroatoms. The van der Waals surface area contributed by atoms with Crippen LogP contribution in [0.1, 0.15) is 57.4 Å². The second kappa shape index (κ2) is 6.25. The van der Waals surface area contributed by atoms with E-state index < -0.39 is 0 Å². The Bertz CT molecular complexity index is 702. The van der Waals surface area contributed by atoms with E-state index in [1.165, 1.54) is 12.0 Å². The average Bonchev–Trinajstić information content (AvgIpc) is 2.58. The van der Waals surface area contributed by atoms with Crippen molar-refractivity contribution in [1.82, 2.24) is 10.6 Å². The maximum Gasteiger partial charge on any atom is 0.315 e. The van der Waals surface area contributed by atoms with Gasteiger partial charge in [-0.05, 0) is 67.8 Å². The number of hydrogen-bond acceptors (Lipinski definition) is 3. The van der Waals surface area contributed by atoms with Crippen LogP contribution in [0.4, 0.5) is 10.5 Å². The lowest BCUT2D eigenvalue weighted by atomic mass is 9.45. The molecule has 4 aliphatic carbocycles. The number of amides is 2. The number of carbonyl (C=O) groups is 1. The van der Waals surface area contributed by atoms with Gasteiger partial charge in [0.2, 0.25) is 0 Å². The minimum atomic E-state index is -0.343. The van der Waals surface area contributed by atoms with Crippen LogP contribution in [-0.4, -0.2) is 23.0 Å². The number of non-ortho nitro benzene ring substituents is 1. The molecule has 0 aromatic heterocycles. The largest absolute Gasteiger partial charge is 0.338 e. The third kappa shape index (κ3) is 2.95. The number of rotatable bonds is 5. The fourth-order valence-electron chi connectivity index (χ4n) is 6.21. The molecule has 4 saturated carbocycles. The molecule has 2 atom stereocenters. The summed E-state index contributed by atoms with van der Waals surface area (Å²) in [7, 11) is 0. The monoisotopic (exact) mass is 357 g/mol. The van der Waals surface area contributed by atoms with Crippen molar-refractivity contribution >= 4 is 11.7 Å². The van der Waals surface area contributed by atoms with E-state index in [0.29, 0.717) is 18.4 Å². The number of nitro groups is 1. The van der Waals surface area contributed by atoms with E-state index in [-0.39, 0.29) is 27.6 Å². The Kier molecular flexibility index (Phi) is 4.16. The molecular formula is C20H27N3O3. The summed E-state index contributed by atoms with van der Waals surface area (Å²) in [4.78, 5) is 23.0. The van der Waals surface area contributed by atoms with Gasteiger partial charge in [-0.25, -0.2) is 4.79 Å². The molecule has 2 amide bonds. The van der Waals surface area contributed by atoms with Gasteiger partial charge in [-0.2, -0.15) is 0 Å². The summed E-state index contributed by atoms with van der Waals surface area (Å²) in [6.07, 6.45) is 7.55. The Morgan fingerprint density at radius 3 is 2.42 bits per heavy atom. The first-order valence-corrected chi connectivity index (χ1v) is 9.75. The van der Waals surface area contributed by atoms with E-state index in [4.69, 9.17) is 0 Å². The van der Waals surface area contributed by atoms with Crippen molar-refractivity contribution in [3.8, 4) is 0 Å². The highest BCUT2D eigenvalue weighted by molar-refractivity contribution is 5.75. The quantitative estimate of drug-likeness (QED) is 0.619. The van der Waals surface area contributed by atoms with Crippen LogP contribution in [0.25, 0.3) is 0 Å². The predicted octanol–water partition coefficient (Wildman–Crippen LogP) is 3.89. The summed E-state index contributed by atoms with van der Waals surface area (Å²) in [6.45, 7) is 2.75. The summed E-state index contributed by atoms with van der Waals surface area (Å²) in [5.41, 5.74) is 1.28. The lowest BCUT2D eigenvalue weighted by Gasteiger charge is -2.62. The highest BCUT2D eigenvalue weighted by Gasteiger charge is 2.58. The number of nitrogens with zero attached hydrogens (tertiary/aromatic N) is 1. The van der Waals surface area contributed by atoms with Crippen LogP contribution in [-0.2, 0) is 5.41 Å². The molecule has 0 aliphatic heterocycles. The second-order valence-electron chi connectivity index (χ2n) is 8.71. The first-order valence-electron chi connectivity index (χ1n) is 9.75. The number of nitrogens with one attached hydrogen (secondary N) is 2. The van der Waals surface area contributed by atoms with Crippen LogP contribution >= 0.6 is 0 Å². The first-order chi connectivity index (χ1) is 12.4. The molecule has 4 bridgehead atoms. The molecule has 0 heterocycles. The van der Waals surface area contributed by atoms with Crippen molar-refractivity contribution in [3.05, 3.63) is 39.9 Å². The Balaban J connectivity index is 1.59. The minimum absolute atomic E-state index is 0.0485. The molecule has 1 aromatic carbocycles. The zero-order valence-electron chi connectivity index (χ0n) is 15.3. The number of carbonyl (C=O) groups excluding carboxylic acids is 1. The Labute approximate surface area is 153 Å². The topological polar surface area (TPSA) is 84.3 Å². The molecular weight excluding hydrogens is 330 g/mol. The van der Waals surface area contributed by atoms with Gasteiger partial charge in [-0.1, -0.05) is 19.1 Å². The predicted molar refractivity (Wildman–Crippen MR) is 99.0 cm³/mol. The average molecular weight is 357 g/mol. The zero-order chi connectivity index (χ0) is 18.4. The fourth-order valence-corrected chi connectivity index (χ4v) is 6.21. The van der Waals surface area contributed by atoms with Crippen molar-refractivity contribution in [1.29, 1.82) is 0 Å². The molecule has 5 rings (SSSR count). The van der Waals surface area contributed by atoms with Crippen LogP contribution in [0, 0.1) is 22.0 Å². The number of hydrogen-bond donors (Lipinski definition) is 2. The van der Waals surface area contributed by atoms with Gasteiger partial charge in [0.25, 0.3) is 5.69 Å². The van der Waals surface area contributed by atoms with Crippen LogP contribution in [0.3, 0.4) is 0 Å². The third-order valence-corrected chi connectivity index (χ3v) is 6.67. The molecule has 2 N–H and O–H groups in total. The van der Waals surface area contributed by atoms with Gasteiger partial charge >= 0.3 is 6.03 Å². The second-order valence-corrected chi connectivity index (χ2v) is 8.71. The van der Waals surface area contributed by atoms with Crippen LogP contribution < -0.4 is 10.6 Å². The Morgan fingerprint density at radius 2 is 1.85 bits per heavy atom. The van der Waals surface area contributed by atoms with E-state index in [9.17, 15) is 14.9 Å². The van der Waals surface area contributed by atoms with Gasteiger partial charge in [-0.3, -0.25) is 10.1 Å². The molecule has 2 unspecified atom stereocenters. The summed E-state index contributed by atoms with van der Waals surface area (Å²) in [5.74, 6) is 1.27. The molecule has 1 aromatic rings. The highest BCUT2D eigenvalue weighted by atomic mass is 16.6. The summed E-state index contributed by atoms with van der Waals surface area (Å²) < 4.78 is 0. The minimum Gasteiger partial charge on any atom is -0.338 e. The lowest BCUT2D eigenvalue weighted by molar-refractivity contribution is -0.384. The molecule has 4 aliphatic rings. The summed E-state index contributed by atoms with van der Waals surface area (Å²) in [6, 6.07) is 7.09. The number of benzene rings is 1. The van der Waals surface area contributed by atoms with Crippen LogP contribution in [0.2, 0.25) is 0 Å². The molecule has 26 heavy (non-hydrogen) atoms. The van der Waals surface area contributed by atoms with Crippen molar-refractivity contribution in [2.45, 2.75) is 62.8 Å². The van der Waals surface area contributed by atoms with Crippen molar-refractivity contribution in [2.75, 3.05) is 6.54 Å². The molecule has 0 spiro atoms. The maximum absolute atomic E-state index is 12.3. The first kappa shape index (κ1) is 17.3. The fraction of sp³-hybridized carbons (Fsp3) is 0.650. The molecule has 4 fully saturated rings. The number of urea groups is 1. The van der Waals surface area contributed by atoms with Crippen LogP contribution in [0.15, 0.2) is 24.3 Å². The van der Waals surface area contributed by atoms with E-state index in [2.05, 4.69) is 17.6 Å². The van der Waals surface area contributed by atoms with E-state index in [0.717, 1.165) is 38.5 Å². The lowest BCUT2D eigenvalue weighted by Crippen LogP contribution is -2.65.